The molecular weight excluding hydrogens is 254 g/mol. The van der Waals surface area contributed by atoms with Crippen molar-refractivity contribution in [2.24, 2.45) is 0 Å². The molecule has 0 amide bonds. The maximum atomic E-state index is 6.32. The second-order valence-corrected chi connectivity index (χ2v) is 5.33. The van der Waals surface area contributed by atoms with E-state index in [1.807, 2.05) is 26.0 Å². The van der Waals surface area contributed by atoms with Gasteiger partial charge in [-0.25, -0.2) is 0 Å². The topological polar surface area (TPSA) is 25.2 Å². The van der Waals surface area contributed by atoms with E-state index in [0.717, 1.165) is 33.5 Å². The number of aryl methyl sites for hydroxylation is 2. The fourth-order valence-corrected chi connectivity index (χ4v) is 3.16. The molecule has 0 fully saturated rings. The van der Waals surface area contributed by atoms with Crippen LogP contribution >= 0.6 is 22.9 Å². The molecule has 1 atom stereocenters. The standard InChI is InChI=1S/C13H16ClNOS/c1-4-15-12(10-6-5-9(3)16-10)13-11(14)8(2)7-17-13/h5-7,12,15H,4H2,1-3H3. The first-order valence-electron chi connectivity index (χ1n) is 5.66. The molecule has 2 aromatic heterocycles. The van der Waals surface area contributed by atoms with E-state index >= 15 is 0 Å². The fraction of sp³-hybridized carbons (Fsp3) is 0.385. The molecule has 0 saturated heterocycles. The van der Waals surface area contributed by atoms with Gasteiger partial charge in [-0.2, -0.15) is 0 Å². The number of hydrogen-bond donors (Lipinski definition) is 1. The Labute approximate surface area is 111 Å². The van der Waals surface area contributed by atoms with Crippen LogP contribution in [-0.2, 0) is 0 Å². The minimum atomic E-state index is 0.0555. The Hall–Kier alpha value is -0.770. The Balaban J connectivity index is 2.38. The van der Waals surface area contributed by atoms with Crippen molar-refractivity contribution in [3.05, 3.63) is 44.5 Å². The summed E-state index contributed by atoms with van der Waals surface area (Å²) in [6, 6.07) is 4.04. The molecule has 2 heterocycles. The minimum absolute atomic E-state index is 0.0555. The quantitative estimate of drug-likeness (QED) is 0.895. The smallest absolute Gasteiger partial charge is 0.126 e. The van der Waals surface area contributed by atoms with Gasteiger partial charge in [0.15, 0.2) is 0 Å². The molecule has 2 aromatic rings. The van der Waals surface area contributed by atoms with Crippen LogP contribution in [0.3, 0.4) is 0 Å². The largest absolute Gasteiger partial charge is 0.464 e. The van der Waals surface area contributed by atoms with Gasteiger partial charge in [0, 0.05) is 4.88 Å². The Morgan fingerprint density at radius 3 is 2.65 bits per heavy atom. The Kier molecular flexibility index (Phi) is 3.92. The molecule has 0 aromatic carbocycles. The molecule has 2 nitrogen and oxygen atoms in total. The van der Waals surface area contributed by atoms with Gasteiger partial charge in [-0.3, -0.25) is 0 Å². The zero-order valence-corrected chi connectivity index (χ0v) is 11.8. The molecule has 17 heavy (non-hydrogen) atoms. The zero-order chi connectivity index (χ0) is 12.4. The number of halogens is 1. The van der Waals surface area contributed by atoms with Gasteiger partial charge >= 0.3 is 0 Å². The first-order chi connectivity index (χ1) is 8.13. The Morgan fingerprint density at radius 2 is 2.18 bits per heavy atom. The average Bonchev–Trinajstić information content (AvgIpc) is 2.85. The maximum absolute atomic E-state index is 6.32. The highest BCUT2D eigenvalue weighted by Gasteiger charge is 2.21. The van der Waals surface area contributed by atoms with Crippen molar-refractivity contribution in [3.63, 3.8) is 0 Å². The van der Waals surface area contributed by atoms with Gasteiger partial charge in [0.05, 0.1) is 5.02 Å². The molecule has 92 valence electrons. The maximum Gasteiger partial charge on any atom is 0.126 e. The highest BCUT2D eigenvalue weighted by Crippen LogP contribution is 2.36. The lowest BCUT2D eigenvalue weighted by Gasteiger charge is -2.14. The van der Waals surface area contributed by atoms with Gasteiger partial charge in [0.25, 0.3) is 0 Å². The second-order valence-electron chi connectivity index (χ2n) is 4.04. The summed E-state index contributed by atoms with van der Waals surface area (Å²) >= 11 is 8.00. The van der Waals surface area contributed by atoms with Gasteiger partial charge in [-0.05, 0) is 43.5 Å². The van der Waals surface area contributed by atoms with Crippen molar-refractivity contribution < 1.29 is 4.42 Å². The monoisotopic (exact) mass is 269 g/mol. The lowest BCUT2D eigenvalue weighted by Crippen LogP contribution is -2.20. The first-order valence-corrected chi connectivity index (χ1v) is 6.92. The molecule has 0 aliphatic carbocycles. The van der Waals surface area contributed by atoms with Gasteiger partial charge in [-0.15, -0.1) is 11.3 Å². The minimum Gasteiger partial charge on any atom is -0.464 e. The van der Waals surface area contributed by atoms with E-state index in [-0.39, 0.29) is 6.04 Å². The summed E-state index contributed by atoms with van der Waals surface area (Å²) in [5.41, 5.74) is 1.12. The van der Waals surface area contributed by atoms with E-state index in [1.165, 1.54) is 0 Å². The lowest BCUT2D eigenvalue weighted by molar-refractivity contribution is 0.437. The Bertz CT molecular complexity index is 503. The molecule has 4 heteroatoms. The van der Waals surface area contributed by atoms with Crippen molar-refractivity contribution >= 4 is 22.9 Å². The van der Waals surface area contributed by atoms with Crippen LogP contribution in [0.1, 0.15) is 34.9 Å². The molecule has 1 N–H and O–H groups in total. The fourth-order valence-electron chi connectivity index (χ4n) is 1.78. The number of thiophene rings is 1. The number of nitrogens with one attached hydrogen (secondary N) is 1. The normalized spacial score (nSPS) is 12.9. The third-order valence-corrected chi connectivity index (χ3v) is 4.42. The number of rotatable bonds is 4. The van der Waals surface area contributed by atoms with E-state index in [1.54, 1.807) is 11.3 Å². The van der Waals surface area contributed by atoms with E-state index in [9.17, 15) is 0 Å². The van der Waals surface area contributed by atoms with E-state index in [2.05, 4.69) is 17.6 Å². The van der Waals surface area contributed by atoms with Crippen molar-refractivity contribution in [2.75, 3.05) is 6.54 Å². The third kappa shape index (κ3) is 2.57. The summed E-state index contributed by atoms with van der Waals surface area (Å²) in [5, 5.41) is 6.34. The van der Waals surface area contributed by atoms with Crippen LogP contribution in [0.15, 0.2) is 21.9 Å². The molecule has 0 spiro atoms. The predicted molar refractivity (Wildman–Crippen MR) is 73.0 cm³/mol. The van der Waals surface area contributed by atoms with Crippen LogP contribution in [-0.4, -0.2) is 6.54 Å². The van der Waals surface area contributed by atoms with Crippen LogP contribution in [0.4, 0.5) is 0 Å². The van der Waals surface area contributed by atoms with Crippen molar-refractivity contribution in [2.45, 2.75) is 26.8 Å². The summed E-state index contributed by atoms with van der Waals surface area (Å²) in [4.78, 5) is 1.13. The SMILES string of the molecule is CCNC(c1ccc(C)o1)c1scc(C)c1Cl. The summed E-state index contributed by atoms with van der Waals surface area (Å²) in [7, 11) is 0. The van der Waals surface area contributed by atoms with E-state index in [0.29, 0.717) is 0 Å². The molecular formula is C13H16ClNOS. The molecule has 0 bridgehead atoms. The highest BCUT2D eigenvalue weighted by atomic mass is 35.5. The van der Waals surface area contributed by atoms with Crippen LogP contribution in [0.25, 0.3) is 0 Å². The Morgan fingerprint density at radius 1 is 1.41 bits per heavy atom. The summed E-state index contributed by atoms with van der Waals surface area (Å²) < 4.78 is 5.70. The van der Waals surface area contributed by atoms with E-state index in [4.69, 9.17) is 16.0 Å². The molecule has 0 radical (unpaired) electrons. The second kappa shape index (κ2) is 5.25. The number of furan rings is 1. The predicted octanol–water partition coefficient (Wildman–Crippen LogP) is 4.31. The third-order valence-electron chi connectivity index (χ3n) is 2.64. The summed E-state index contributed by atoms with van der Waals surface area (Å²) in [6.07, 6.45) is 0. The molecule has 0 saturated carbocycles. The van der Waals surface area contributed by atoms with Crippen molar-refractivity contribution in [1.29, 1.82) is 0 Å². The first kappa shape index (κ1) is 12.7. The molecule has 1 unspecified atom stereocenters. The number of hydrogen-bond acceptors (Lipinski definition) is 3. The summed E-state index contributed by atoms with van der Waals surface area (Å²) in [5.74, 6) is 1.85. The lowest BCUT2D eigenvalue weighted by atomic mass is 10.1. The van der Waals surface area contributed by atoms with E-state index < -0.39 is 0 Å². The highest BCUT2D eigenvalue weighted by molar-refractivity contribution is 7.10. The van der Waals surface area contributed by atoms with Crippen LogP contribution < -0.4 is 5.32 Å². The zero-order valence-electron chi connectivity index (χ0n) is 10.2. The molecule has 0 aliphatic heterocycles. The van der Waals surface area contributed by atoms with Gasteiger partial charge in [0.2, 0.25) is 0 Å². The molecule has 2 rings (SSSR count). The van der Waals surface area contributed by atoms with Gasteiger partial charge in [0.1, 0.15) is 17.6 Å². The average molecular weight is 270 g/mol. The summed E-state index contributed by atoms with van der Waals surface area (Å²) in [6.45, 7) is 6.93. The van der Waals surface area contributed by atoms with Crippen LogP contribution in [0.2, 0.25) is 5.02 Å². The van der Waals surface area contributed by atoms with Gasteiger partial charge < -0.3 is 9.73 Å². The molecule has 0 aliphatic rings. The van der Waals surface area contributed by atoms with Crippen molar-refractivity contribution in [3.8, 4) is 0 Å². The van der Waals surface area contributed by atoms with Crippen molar-refractivity contribution in [1.82, 2.24) is 5.32 Å². The van der Waals surface area contributed by atoms with Gasteiger partial charge in [-0.1, -0.05) is 18.5 Å². The van der Waals surface area contributed by atoms with Crippen LogP contribution in [0, 0.1) is 13.8 Å². The van der Waals surface area contributed by atoms with Crippen LogP contribution in [0.5, 0.6) is 0 Å².